The summed E-state index contributed by atoms with van der Waals surface area (Å²) in [5, 5.41) is 4.23. The summed E-state index contributed by atoms with van der Waals surface area (Å²) < 4.78 is 1.86. The zero-order chi connectivity index (χ0) is 15.6. The molecule has 0 radical (unpaired) electrons. The molecular weight excluding hydrogens is 276 g/mol. The zero-order valence-electron chi connectivity index (χ0n) is 13.9. The van der Waals surface area contributed by atoms with Crippen molar-refractivity contribution < 1.29 is 4.79 Å². The van der Waals surface area contributed by atoms with Crippen molar-refractivity contribution >= 4 is 5.91 Å². The molecule has 1 aromatic rings. The Hall–Kier alpha value is -1.36. The molecule has 2 fully saturated rings. The molecule has 2 saturated heterocycles. The Balaban J connectivity index is 1.57. The zero-order valence-corrected chi connectivity index (χ0v) is 13.9. The van der Waals surface area contributed by atoms with Crippen LogP contribution in [0.4, 0.5) is 0 Å². The second-order valence-electron chi connectivity index (χ2n) is 6.97. The largest absolute Gasteiger partial charge is 0.342 e. The predicted octanol–water partition coefficient (Wildman–Crippen LogP) is 1.69. The lowest BCUT2D eigenvalue weighted by atomic mass is 9.78. The molecule has 1 spiro atoms. The molecule has 22 heavy (non-hydrogen) atoms. The second kappa shape index (κ2) is 6.41. The highest BCUT2D eigenvalue weighted by atomic mass is 16.2. The highest BCUT2D eigenvalue weighted by molar-refractivity contribution is 5.84. The van der Waals surface area contributed by atoms with Gasteiger partial charge in [-0.25, -0.2) is 0 Å². The van der Waals surface area contributed by atoms with Gasteiger partial charge in [-0.15, -0.1) is 0 Å². The highest BCUT2D eigenvalue weighted by Gasteiger charge is 2.47. The number of carbonyl (C=O) groups excluding carboxylic acids is 1. The molecule has 5 heteroatoms. The molecule has 0 aromatic carbocycles. The van der Waals surface area contributed by atoms with Gasteiger partial charge in [0.2, 0.25) is 5.91 Å². The first-order valence-electron chi connectivity index (χ1n) is 8.62. The topological polar surface area (TPSA) is 41.4 Å². The van der Waals surface area contributed by atoms with Crippen molar-refractivity contribution in [2.24, 2.45) is 12.5 Å². The number of amides is 1. The first-order valence-corrected chi connectivity index (χ1v) is 8.62. The molecule has 0 N–H and O–H groups in total. The van der Waals surface area contributed by atoms with E-state index < -0.39 is 0 Å². The molecule has 1 amide bonds. The summed E-state index contributed by atoms with van der Waals surface area (Å²) in [5.74, 6) is 0.421. The van der Waals surface area contributed by atoms with E-state index in [1.807, 2.05) is 17.9 Å². The molecule has 0 saturated carbocycles. The van der Waals surface area contributed by atoms with E-state index in [0.29, 0.717) is 5.91 Å². The number of hydrogen-bond donors (Lipinski definition) is 0. The van der Waals surface area contributed by atoms with Gasteiger partial charge in [-0.2, -0.15) is 5.10 Å². The van der Waals surface area contributed by atoms with Gasteiger partial charge in [0.05, 0.1) is 11.6 Å². The third kappa shape index (κ3) is 3.05. The molecular formula is C17H28N4O. The molecule has 2 aliphatic heterocycles. The summed E-state index contributed by atoms with van der Waals surface area (Å²) in [7, 11) is 1.96. The number of hydrogen-bond acceptors (Lipinski definition) is 3. The minimum Gasteiger partial charge on any atom is -0.342 e. The van der Waals surface area contributed by atoms with Gasteiger partial charge in [0.15, 0.2) is 0 Å². The fourth-order valence-corrected chi connectivity index (χ4v) is 4.05. The molecule has 3 heterocycles. The van der Waals surface area contributed by atoms with Gasteiger partial charge in [0.25, 0.3) is 0 Å². The quantitative estimate of drug-likeness (QED) is 0.831. The average molecular weight is 304 g/mol. The normalized spacial score (nSPS) is 26.3. The van der Waals surface area contributed by atoms with Gasteiger partial charge in [-0.05, 0) is 44.2 Å². The maximum absolute atomic E-state index is 12.8. The summed E-state index contributed by atoms with van der Waals surface area (Å²) in [4.78, 5) is 17.4. The van der Waals surface area contributed by atoms with Crippen LogP contribution in [0.25, 0.3) is 0 Å². The minimum atomic E-state index is -0.0810. The Morgan fingerprint density at radius 1 is 1.27 bits per heavy atom. The summed E-state index contributed by atoms with van der Waals surface area (Å²) in [5.41, 5.74) is 1.20. The van der Waals surface area contributed by atoms with Crippen LogP contribution in [0.3, 0.4) is 0 Å². The summed E-state index contributed by atoms with van der Waals surface area (Å²) in [6.45, 7) is 7.09. The van der Waals surface area contributed by atoms with E-state index in [-0.39, 0.29) is 5.41 Å². The number of aromatic nitrogens is 2. The van der Waals surface area contributed by atoms with Gasteiger partial charge >= 0.3 is 0 Å². The first-order chi connectivity index (χ1) is 10.6. The molecule has 122 valence electrons. The van der Waals surface area contributed by atoms with E-state index in [2.05, 4.69) is 28.0 Å². The number of likely N-dealkylation sites (tertiary alicyclic amines) is 2. The summed E-state index contributed by atoms with van der Waals surface area (Å²) in [6.07, 6.45) is 9.40. The van der Waals surface area contributed by atoms with Gasteiger partial charge in [-0.3, -0.25) is 9.48 Å². The Morgan fingerprint density at radius 2 is 2.14 bits per heavy atom. The standard InChI is InChI=1S/C17H28N4O/c1-3-8-21-9-4-6-17(16(21)22)7-11-20(14-17)10-5-15-12-18-19(2)13-15/h12-13H,3-11,14H2,1-2H3/t17-/m0/s1. The van der Waals surface area contributed by atoms with E-state index in [4.69, 9.17) is 0 Å². The van der Waals surface area contributed by atoms with Crippen LogP contribution >= 0.6 is 0 Å². The molecule has 5 nitrogen and oxygen atoms in total. The molecule has 3 rings (SSSR count). The molecule has 1 atom stereocenters. The predicted molar refractivity (Wildman–Crippen MR) is 86.5 cm³/mol. The molecule has 0 unspecified atom stereocenters. The van der Waals surface area contributed by atoms with Gasteiger partial charge in [0, 0.05) is 39.4 Å². The molecule has 1 aromatic heterocycles. The third-order valence-electron chi connectivity index (χ3n) is 5.23. The molecule has 2 aliphatic rings. The van der Waals surface area contributed by atoms with Crippen LogP contribution in [0.2, 0.25) is 0 Å². The Kier molecular flexibility index (Phi) is 4.52. The minimum absolute atomic E-state index is 0.0810. The number of nitrogens with zero attached hydrogens (tertiary/aromatic N) is 4. The van der Waals surface area contributed by atoms with Crippen molar-refractivity contribution in [3.63, 3.8) is 0 Å². The van der Waals surface area contributed by atoms with Crippen molar-refractivity contribution in [3.8, 4) is 0 Å². The van der Waals surface area contributed by atoms with Gasteiger partial charge < -0.3 is 9.80 Å². The van der Waals surface area contributed by atoms with Gasteiger partial charge in [0.1, 0.15) is 0 Å². The van der Waals surface area contributed by atoms with E-state index >= 15 is 0 Å². The second-order valence-corrected chi connectivity index (χ2v) is 6.97. The van der Waals surface area contributed by atoms with Crippen LogP contribution in [0.1, 0.15) is 38.2 Å². The monoisotopic (exact) mass is 304 g/mol. The van der Waals surface area contributed by atoms with Crippen LogP contribution in [0.5, 0.6) is 0 Å². The lowest BCUT2D eigenvalue weighted by Gasteiger charge is -2.39. The first kappa shape index (κ1) is 15.5. The van der Waals surface area contributed by atoms with Gasteiger partial charge in [-0.1, -0.05) is 6.92 Å². The number of piperidine rings is 1. The summed E-state index contributed by atoms with van der Waals surface area (Å²) >= 11 is 0. The van der Waals surface area contributed by atoms with Crippen molar-refractivity contribution in [3.05, 3.63) is 18.0 Å². The van der Waals surface area contributed by atoms with E-state index in [1.165, 1.54) is 12.0 Å². The number of carbonyl (C=O) groups is 1. The lowest BCUT2D eigenvalue weighted by molar-refractivity contribution is -0.145. The van der Waals surface area contributed by atoms with Crippen LogP contribution in [0.15, 0.2) is 12.4 Å². The Morgan fingerprint density at radius 3 is 2.86 bits per heavy atom. The lowest BCUT2D eigenvalue weighted by Crippen LogP contribution is -2.50. The maximum Gasteiger partial charge on any atom is 0.230 e. The Labute approximate surface area is 133 Å². The van der Waals surface area contributed by atoms with E-state index in [1.54, 1.807) is 0 Å². The molecule has 0 bridgehead atoms. The van der Waals surface area contributed by atoms with Crippen molar-refractivity contribution in [1.82, 2.24) is 19.6 Å². The van der Waals surface area contributed by atoms with Crippen molar-refractivity contribution in [2.45, 2.75) is 39.0 Å². The average Bonchev–Trinajstić information content (AvgIpc) is 3.10. The Bertz CT molecular complexity index is 524. The van der Waals surface area contributed by atoms with E-state index in [0.717, 1.165) is 58.4 Å². The van der Waals surface area contributed by atoms with Crippen LogP contribution in [-0.4, -0.2) is 58.2 Å². The molecule has 0 aliphatic carbocycles. The number of rotatable bonds is 5. The van der Waals surface area contributed by atoms with Crippen molar-refractivity contribution in [2.75, 3.05) is 32.7 Å². The summed E-state index contributed by atoms with van der Waals surface area (Å²) in [6, 6.07) is 0. The van der Waals surface area contributed by atoms with Crippen LogP contribution in [0, 0.1) is 5.41 Å². The SMILES string of the molecule is CCCN1CCC[C@@]2(CCN(CCc3cnn(C)c3)C2)C1=O. The van der Waals surface area contributed by atoms with Crippen LogP contribution < -0.4 is 0 Å². The smallest absolute Gasteiger partial charge is 0.230 e. The number of aryl methyl sites for hydroxylation is 1. The van der Waals surface area contributed by atoms with Crippen LogP contribution in [-0.2, 0) is 18.3 Å². The maximum atomic E-state index is 12.8. The van der Waals surface area contributed by atoms with Crippen molar-refractivity contribution in [1.29, 1.82) is 0 Å². The fourth-order valence-electron chi connectivity index (χ4n) is 4.05. The fraction of sp³-hybridized carbons (Fsp3) is 0.765. The van der Waals surface area contributed by atoms with E-state index in [9.17, 15) is 4.79 Å². The highest BCUT2D eigenvalue weighted by Crippen LogP contribution is 2.40. The third-order valence-corrected chi connectivity index (χ3v) is 5.23.